The summed E-state index contributed by atoms with van der Waals surface area (Å²) < 4.78 is 0. The van der Waals surface area contributed by atoms with Crippen LogP contribution in [0.2, 0.25) is 0 Å². The van der Waals surface area contributed by atoms with Crippen LogP contribution in [0.1, 0.15) is 22.3 Å². The molecule has 1 atom stereocenters. The molecule has 0 radical (unpaired) electrons. The lowest BCUT2D eigenvalue weighted by atomic mass is 10.2. The van der Waals surface area contributed by atoms with Gasteiger partial charge in [-0.15, -0.1) is 0 Å². The lowest BCUT2D eigenvalue weighted by Gasteiger charge is -2.09. The summed E-state index contributed by atoms with van der Waals surface area (Å²) >= 11 is 1.60. The number of benzene rings is 1. The maximum absolute atomic E-state index is 5.96. The summed E-state index contributed by atoms with van der Waals surface area (Å²) in [6, 6.07) is 10.3. The van der Waals surface area contributed by atoms with Crippen LogP contribution in [0.25, 0.3) is 0 Å². The van der Waals surface area contributed by atoms with Gasteiger partial charge in [0.2, 0.25) is 0 Å². The van der Waals surface area contributed by atoms with Crippen molar-refractivity contribution in [3.63, 3.8) is 0 Å². The van der Waals surface area contributed by atoms with Gasteiger partial charge in [0.25, 0.3) is 0 Å². The third-order valence-corrected chi connectivity index (χ3v) is 4.18. The first kappa shape index (κ1) is 12.3. The molecule has 5 heteroatoms. The monoisotopic (exact) mass is 272 g/mol. The number of hydrogen-bond acceptors (Lipinski definition) is 3. The van der Waals surface area contributed by atoms with Crippen LogP contribution in [0.3, 0.4) is 0 Å². The molecule has 1 aliphatic heterocycles. The van der Waals surface area contributed by atoms with E-state index < -0.39 is 0 Å². The minimum absolute atomic E-state index is 0.320. The van der Waals surface area contributed by atoms with Crippen LogP contribution in [0.5, 0.6) is 0 Å². The molecule has 0 amide bonds. The number of aliphatic imine (C=N–C) groups is 1. The first-order chi connectivity index (χ1) is 9.31. The van der Waals surface area contributed by atoms with Crippen LogP contribution in [0.4, 0.5) is 0 Å². The third-order valence-electron chi connectivity index (χ3n) is 3.13. The summed E-state index contributed by atoms with van der Waals surface area (Å²) in [7, 11) is 0. The Kier molecular flexibility index (Phi) is 3.55. The molecule has 1 aromatic carbocycles. The van der Waals surface area contributed by atoms with Crippen molar-refractivity contribution in [1.82, 2.24) is 9.97 Å². The predicted molar refractivity (Wildman–Crippen MR) is 79.3 cm³/mol. The molecule has 2 aromatic rings. The lowest BCUT2D eigenvalue weighted by molar-refractivity contribution is 0.912. The second-order valence-corrected chi connectivity index (χ2v) is 5.78. The molecule has 0 saturated heterocycles. The first-order valence-electron chi connectivity index (χ1n) is 6.35. The largest absolute Gasteiger partial charge is 0.379 e. The fourth-order valence-corrected chi connectivity index (χ4v) is 3.11. The number of imidazole rings is 1. The lowest BCUT2D eigenvalue weighted by Crippen LogP contribution is -2.12. The molecule has 2 heterocycles. The van der Waals surface area contributed by atoms with Gasteiger partial charge in [0.1, 0.15) is 5.82 Å². The van der Waals surface area contributed by atoms with Crippen molar-refractivity contribution >= 4 is 16.9 Å². The van der Waals surface area contributed by atoms with E-state index >= 15 is 0 Å². The van der Waals surface area contributed by atoms with E-state index in [9.17, 15) is 0 Å². The zero-order valence-electron chi connectivity index (χ0n) is 10.5. The molecule has 19 heavy (non-hydrogen) atoms. The highest BCUT2D eigenvalue weighted by Crippen LogP contribution is 2.34. The first-order valence-corrected chi connectivity index (χ1v) is 7.23. The number of amidine groups is 1. The predicted octanol–water partition coefficient (Wildman–Crippen LogP) is 2.30. The van der Waals surface area contributed by atoms with Crippen molar-refractivity contribution < 1.29 is 0 Å². The van der Waals surface area contributed by atoms with Crippen LogP contribution < -0.4 is 5.73 Å². The maximum atomic E-state index is 5.96. The number of H-pyrrole nitrogens is 1. The van der Waals surface area contributed by atoms with E-state index in [-0.39, 0.29) is 0 Å². The zero-order valence-corrected chi connectivity index (χ0v) is 11.4. The Balaban J connectivity index is 1.49. The normalized spacial score (nSPS) is 17.9. The molecule has 2 bridgehead atoms. The van der Waals surface area contributed by atoms with Crippen molar-refractivity contribution in [3.8, 4) is 0 Å². The molecule has 0 unspecified atom stereocenters. The number of nitrogens with zero attached hydrogens (tertiary/aromatic N) is 2. The number of rotatable bonds is 4. The fraction of sp³-hybridized carbons (Fsp3) is 0.286. The van der Waals surface area contributed by atoms with Crippen LogP contribution in [0, 0.1) is 0 Å². The molecule has 0 fully saturated rings. The van der Waals surface area contributed by atoms with Crippen molar-refractivity contribution in [2.24, 2.45) is 10.7 Å². The van der Waals surface area contributed by atoms with Crippen molar-refractivity contribution in [2.45, 2.75) is 18.1 Å². The SMILES string of the molecule is NC(=NCCc1ccccc1)S[C@H]1Cc2cnc1[nH]2. The highest BCUT2D eigenvalue weighted by Gasteiger charge is 2.24. The van der Waals surface area contributed by atoms with Gasteiger partial charge in [0.15, 0.2) is 5.17 Å². The number of hydrogen-bond donors (Lipinski definition) is 2. The number of nitrogens with one attached hydrogen (secondary N) is 1. The Morgan fingerprint density at radius 3 is 2.95 bits per heavy atom. The van der Waals surface area contributed by atoms with Crippen LogP contribution in [-0.2, 0) is 12.8 Å². The van der Waals surface area contributed by atoms with Gasteiger partial charge in [0.05, 0.1) is 5.25 Å². The van der Waals surface area contributed by atoms with Crippen molar-refractivity contribution in [3.05, 3.63) is 53.6 Å². The van der Waals surface area contributed by atoms with E-state index in [1.807, 2.05) is 24.4 Å². The van der Waals surface area contributed by atoms with Gasteiger partial charge in [-0.3, -0.25) is 4.99 Å². The van der Waals surface area contributed by atoms with Gasteiger partial charge in [-0.2, -0.15) is 0 Å². The zero-order chi connectivity index (χ0) is 13.1. The van der Waals surface area contributed by atoms with Gasteiger partial charge in [-0.1, -0.05) is 42.1 Å². The van der Waals surface area contributed by atoms with Crippen molar-refractivity contribution in [1.29, 1.82) is 0 Å². The quantitative estimate of drug-likeness (QED) is 0.663. The molecule has 98 valence electrons. The molecule has 0 aliphatic carbocycles. The second kappa shape index (κ2) is 5.48. The topological polar surface area (TPSA) is 67.1 Å². The van der Waals surface area contributed by atoms with E-state index in [1.54, 1.807) is 11.8 Å². The molecule has 0 spiro atoms. The summed E-state index contributed by atoms with van der Waals surface area (Å²) in [5.74, 6) is 1.02. The summed E-state index contributed by atoms with van der Waals surface area (Å²) in [6.45, 7) is 0.734. The Bertz CT molecular complexity index is 576. The van der Waals surface area contributed by atoms with Crippen LogP contribution >= 0.6 is 11.8 Å². The second-order valence-electron chi connectivity index (χ2n) is 4.56. The molecular weight excluding hydrogens is 256 g/mol. The van der Waals surface area contributed by atoms with Gasteiger partial charge in [-0.25, -0.2) is 4.98 Å². The van der Waals surface area contributed by atoms with Crippen LogP contribution in [-0.4, -0.2) is 21.7 Å². The summed E-state index contributed by atoms with van der Waals surface area (Å²) in [5, 5.41) is 0.971. The van der Waals surface area contributed by atoms with Gasteiger partial charge in [-0.05, 0) is 12.0 Å². The minimum Gasteiger partial charge on any atom is -0.379 e. The number of thioether (sulfide) groups is 1. The molecule has 4 nitrogen and oxygen atoms in total. The molecule has 1 aliphatic rings. The average Bonchev–Trinajstić information content (AvgIpc) is 3.02. The van der Waals surface area contributed by atoms with Gasteiger partial charge >= 0.3 is 0 Å². The third kappa shape index (κ3) is 2.98. The van der Waals surface area contributed by atoms with E-state index in [4.69, 9.17) is 5.73 Å². The highest BCUT2D eigenvalue weighted by molar-refractivity contribution is 8.14. The molecule has 1 aromatic heterocycles. The Hall–Kier alpha value is -1.75. The smallest absolute Gasteiger partial charge is 0.154 e. The summed E-state index contributed by atoms with van der Waals surface area (Å²) in [5.41, 5.74) is 8.44. The Labute approximate surface area is 116 Å². The number of aromatic amines is 1. The Morgan fingerprint density at radius 1 is 1.42 bits per heavy atom. The van der Waals surface area contributed by atoms with Crippen molar-refractivity contribution in [2.75, 3.05) is 6.54 Å². The molecule has 3 N–H and O–H groups in total. The van der Waals surface area contributed by atoms with Crippen LogP contribution in [0.15, 0.2) is 41.5 Å². The molecule has 3 rings (SSSR count). The summed E-state index contributed by atoms with van der Waals surface area (Å²) in [6.07, 6.45) is 3.80. The maximum Gasteiger partial charge on any atom is 0.154 e. The van der Waals surface area contributed by atoms with E-state index in [0.29, 0.717) is 10.4 Å². The van der Waals surface area contributed by atoms with Gasteiger partial charge in [0, 0.05) is 24.9 Å². The Morgan fingerprint density at radius 2 is 2.26 bits per heavy atom. The number of aromatic nitrogens is 2. The van der Waals surface area contributed by atoms with Gasteiger partial charge < -0.3 is 10.7 Å². The van der Waals surface area contributed by atoms with E-state index in [1.165, 1.54) is 11.3 Å². The molecular formula is C14H16N4S. The number of nitrogens with two attached hydrogens (primary N) is 1. The minimum atomic E-state index is 0.320. The highest BCUT2D eigenvalue weighted by atomic mass is 32.2. The average molecular weight is 272 g/mol. The number of fused-ring (bicyclic) bond motifs is 2. The fourth-order valence-electron chi connectivity index (χ4n) is 2.16. The van der Waals surface area contributed by atoms with E-state index in [2.05, 4.69) is 27.1 Å². The van der Waals surface area contributed by atoms with E-state index in [0.717, 1.165) is 25.2 Å². The standard InChI is InChI=1S/C14H16N4S/c15-14(16-7-6-10-4-2-1-3-5-10)19-12-8-11-9-17-13(12)18-11/h1-5,9,12H,6-8H2,(H2,15,16)(H,17,18)/t12-/m0/s1. The molecule has 0 saturated carbocycles. The summed E-state index contributed by atoms with van der Waals surface area (Å²) in [4.78, 5) is 11.9.